The van der Waals surface area contributed by atoms with Crippen molar-refractivity contribution in [3.63, 3.8) is 0 Å². The van der Waals surface area contributed by atoms with Gasteiger partial charge in [-0.05, 0) is 44.4 Å². The molecule has 1 heterocycles. The summed E-state index contributed by atoms with van der Waals surface area (Å²) >= 11 is 2.05. The first-order chi connectivity index (χ1) is 11.0. The van der Waals surface area contributed by atoms with Crippen molar-refractivity contribution >= 4 is 17.7 Å². The molecule has 0 amide bonds. The summed E-state index contributed by atoms with van der Waals surface area (Å²) in [5, 5.41) is 3.51. The number of methoxy groups -OCH3 is 1. The Morgan fingerprint density at radius 2 is 2.09 bits per heavy atom. The number of hydrogen-bond acceptors (Lipinski definition) is 3. The summed E-state index contributed by atoms with van der Waals surface area (Å²) in [5.74, 6) is 3.12. The Bertz CT molecular complexity index is 514. The zero-order valence-corrected chi connectivity index (χ0v) is 15.6. The summed E-state index contributed by atoms with van der Waals surface area (Å²) in [4.78, 5) is 6.83. The lowest BCUT2D eigenvalue weighted by Crippen LogP contribution is -2.51. The van der Waals surface area contributed by atoms with Gasteiger partial charge in [-0.3, -0.25) is 4.99 Å². The van der Waals surface area contributed by atoms with Crippen molar-refractivity contribution in [1.82, 2.24) is 10.2 Å². The van der Waals surface area contributed by atoms with Gasteiger partial charge in [0.05, 0.1) is 7.11 Å². The molecule has 5 heteroatoms. The molecule has 1 fully saturated rings. The van der Waals surface area contributed by atoms with E-state index in [0.717, 1.165) is 44.2 Å². The van der Waals surface area contributed by atoms with Gasteiger partial charge < -0.3 is 15.0 Å². The first-order valence-corrected chi connectivity index (χ1v) is 9.25. The van der Waals surface area contributed by atoms with Crippen LogP contribution in [0.5, 0.6) is 5.75 Å². The molecule has 0 spiro atoms. The molecule has 0 aliphatic carbocycles. The maximum atomic E-state index is 5.19. The lowest BCUT2D eigenvalue weighted by atomic mass is 10.1. The normalized spacial score (nSPS) is 17.9. The highest BCUT2D eigenvalue weighted by atomic mass is 32.2. The summed E-state index contributed by atoms with van der Waals surface area (Å²) < 4.78 is 5.49. The lowest BCUT2D eigenvalue weighted by molar-refractivity contribution is 0.375. The first kappa shape index (κ1) is 18.0. The van der Waals surface area contributed by atoms with Crippen LogP contribution >= 0.6 is 11.8 Å². The van der Waals surface area contributed by atoms with E-state index >= 15 is 0 Å². The summed E-state index contributed by atoms with van der Waals surface area (Å²) in [6, 6.07) is 8.32. The molecule has 0 bridgehead atoms. The topological polar surface area (TPSA) is 36.9 Å². The number of thioether (sulfide) groups is 1. The van der Waals surface area contributed by atoms with Crippen molar-refractivity contribution in [2.45, 2.75) is 31.4 Å². The third kappa shape index (κ3) is 5.65. The van der Waals surface area contributed by atoms with Crippen LogP contribution in [0.15, 0.2) is 29.3 Å². The molecular formula is C18H29N3OS. The van der Waals surface area contributed by atoms with E-state index in [-0.39, 0.29) is 0 Å². The number of guanidine groups is 1. The van der Waals surface area contributed by atoms with Crippen LogP contribution in [0.1, 0.15) is 25.8 Å². The summed E-state index contributed by atoms with van der Waals surface area (Å²) in [7, 11) is 3.57. The molecule has 23 heavy (non-hydrogen) atoms. The maximum absolute atomic E-state index is 5.19. The van der Waals surface area contributed by atoms with E-state index in [1.165, 1.54) is 11.3 Å². The zero-order valence-electron chi connectivity index (χ0n) is 14.8. The van der Waals surface area contributed by atoms with Crippen molar-refractivity contribution in [2.75, 3.05) is 39.5 Å². The quantitative estimate of drug-likeness (QED) is 0.510. The van der Waals surface area contributed by atoms with E-state index in [2.05, 4.69) is 41.2 Å². The average molecular weight is 336 g/mol. The number of nitrogens with one attached hydrogen (secondary N) is 1. The van der Waals surface area contributed by atoms with Gasteiger partial charge in [-0.1, -0.05) is 12.1 Å². The lowest BCUT2D eigenvalue weighted by Gasteiger charge is -2.39. The summed E-state index contributed by atoms with van der Waals surface area (Å²) in [6.07, 6.45) is 2.16. The van der Waals surface area contributed by atoms with Gasteiger partial charge in [0.15, 0.2) is 5.96 Å². The molecule has 0 radical (unpaired) electrons. The second-order valence-electron chi connectivity index (χ2n) is 6.46. The molecule has 1 aromatic carbocycles. The van der Waals surface area contributed by atoms with Crippen LogP contribution in [-0.4, -0.2) is 55.2 Å². The maximum Gasteiger partial charge on any atom is 0.193 e. The van der Waals surface area contributed by atoms with Crippen molar-refractivity contribution in [2.24, 2.45) is 4.99 Å². The number of aryl methyl sites for hydroxylation is 1. The van der Waals surface area contributed by atoms with Crippen molar-refractivity contribution < 1.29 is 4.74 Å². The molecular weight excluding hydrogens is 306 g/mol. The fourth-order valence-corrected chi connectivity index (χ4v) is 3.93. The Hall–Kier alpha value is -1.36. The molecule has 1 aliphatic rings. The molecule has 0 saturated carbocycles. The SMILES string of the molecule is CN=C(NCCCc1ccc(OC)cc1)N1CCSC(C)(C)C1. The fraction of sp³-hybridized carbons (Fsp3) is 0.611. The molecule has 0 aromatic heterocycles. The third-order valence-corrected chi connectivity index (χ3v) is 5.32. The van der Waals surface area contributed by atoms with Gasteiger partial charge in [-0.2, -0.15) is 11.8 Å². The van der Waals surface area contributed by atoms with Crippen LogP contribution < -0.4 is 10.1 Å². The van der Waals surface area contributed by atoms with Gasteiger partial charge in [0.2, 0.25) is 0 Å². The molecule has 1 aliphatic heterocycles. The van der Waals surface area contributed by atoms with E-state index in [1.54, 1.807) is 7.11 Å². The van der Waals surface area contributed by atoms with Gasteiger partial charge >= 0.3 is 0 Å². The van der Waals surface area contributed by atoms with Crippen LogP contribution in [0.3, 0.4) is 0 Å². The van der Waals surface area contributed by atoms with Gasteiger partial charge in [0.1, 0.15) is 5.75 Å². The number of ether oxygens (including phenoxy) is 1. The molecule has 1 N–H and O–H groups in total. The van der Waals surface area contributed by atoms with E-state index in [9.17, 15) is 0 Å². The largest absolute Gasteiger partial charge is 0.497 e. The molecule has 128 valence electrons. The highest BCUT2D eigenvalue weighted by molar-refractivity contribution is 8.00. The molecule has 0 unspecified atom stereocenters. The van der Waals surface area contributed by atoms with Crippen LogP contribution in [0.25, 0.3) is 0 Å². The molecule has 1 saturated heterocycles. The average Bonchev–Trinajstić information content (AvgIpc) is 2.54. The number of rotatable bonds is 5. The van der Waals surface area contributed by atoms with Crippen LogP contribution in [0.4, 0.5) is 0 Å². The Balaban J connectivity index is 1.75. The third-order valence-electron chi connectivity index (χ3n) is 4.02. The standard InChI is InChI=1S/C18H29N3OS/c1-18(2)14-21(12-13-23-18)17(19-3)20-11-5-6-15-7-9-16(22-4)10-8-15/h7-10H,5-6,11-14H2,1-4H3,(H,19,20). The van der Waals surface area contributed by atoms with Crippen molar-refractivity contribution in [1.29, 1.82) is 0 Å². The van der Waals surface area contributed by atoms with Gasteiger partial charge in [-0.25, -0.2) is 0 Å². The number of aliphatic imine (C=N–C) groups is 1. The monoisotopic (exact) mass is 335 g/mol. The Morgan fingerprint density at radius 3 is 2.70 bits per heavy atom. The van der Waals surface area contributed by atoms with E-state index in [0.29, 0.717) is 4.75 Å². The minimum absolute atomic E-state index is 0.305. The van der Waals surface area contributed by atoms with Gasteiger partial charge in [0, 0.05) is 37.2 Å². The summed E-state index contributed by atoms with van der Waals surface area (Å²) in [6.45, 7) is 7.69. The molecule has 2 rings (SSSR count). The Labute approximate surface area is 144 Å². The predicted octanol–water partition coefficient (Wildman–Crippen LogP) is 3.03. The van der Waals surface area contributed by atoms with E-state index in [4.69, 9.17) is 4.74 Å². The van der Waals surface area contributed by atoms with E-state index in [1.807, 2.05) is 30.9 Å². The highest BCUT2D eigenvalue weighted by Gasteiger charge is 2.28. The van der Waals surface area contributed by atoms with Crippen molar-refractivity contribution in [3.05, 3.63) is 29.8 Å². The first-order valence-electron chi connectivity index (χ1n) is 8.26. The zero-order chi connectivity index (χ0) is 16.7. The molecule has 4 nitrogen and oxygen atoms in total. The van der Waals surface area contributed by atoms with Gasteiger partial charge in [0.25, 0.3) is 0 Å². The number of hydrogen-bond donors (Lipinski definition) is 1. The minimum Gasteiger partial charge on any atom is -0.497 e. The van der Waals surface area contributed by atoms with Crippen LogP contribution in [0.2, 0.25) is 0 Å². The number of nitrogens with zero attached hydrogens (tertiary/aromatic N) is 2. The highest BCUT2D eigenvalue weighted by Crippen LogP contribution is 2.29. The fourth-order valence-electron chi connectivity index (χ4n) is 2.81. The minimum atomic E-state index is 0.305. The smallest absolute Gasteiger partial charge is 0.193 e. The second kappa shape index (κ2) is 8.48. The predicted molar refractivity (Wildman–Crippen MR) is 101 cm³/mol. The second-order valence-corrected chi connectivity index (χ2v) is 8.26. The van der Waals surface area contributed by atoms with Crippen molar-refractivity contribution in [3.8, 4) is 5.75 Å². The van der Waals surface area contributed by atoms with E-state index < -0.39 is 0 Å². The van der Waals surface area contributed by atoms with Crippen LogP contribution in [0, 0.1) is 0 Å². The molecule has 0 atom stereocenters. The molecule has 1 aromatic rings. The Morgan fingerprint density at radius 1 is 1.35 bits per heavy atom. The van der Waals surface area contributed by atoms with Gasteiger partial charge in [-0.15, -0.1) is 0 Å². The Kier molecular flexibility index (Phi) is 6.63. The summed E-state index contributed by atoms with van der Waals surface area (Å²) in [5.41, 5.74) is 1.35. The number of benzene rings is 1. The van der Waals surface area contributed by atoms with Crippen LogP contribution in [-0.2, 0) is 6.42 Å².